The van der Waals surface area contributed by atoms with E-state index in [1.54, 1.807) is 48.5 Å². The number of nitrogens with one attached hydrogen (secondary N) is 1. The summed E-state index contributed by atoms with van der Waals surface area (Å²) in [5.74, 6) is 1.26. The van der Waals surface area contributed by atoms with E-state index in [9.17, 15) is 9.90 Å². The molecule has 1 aliphatic rings. The third kappa shape index (κ3) is 7.95. The van der Waals surface area contributed by atoms with Gasteiger partial charge in [-0.1, -0.05) is 17.7 Å². The Morgan fingerprint density at radius 1 is 1.04 bits per heavy atom. The molecule has 0 spiro atoms. The lowest BCUT2D eigenvalue weighted by molar-refractivity contribution is 0.147. The molecule has 248 valence electrons. The van der Waals surface area contributed by atoms with Crippen molar-refractivity contribution in [3.63, 3.8) is 0 Å². The molecule has 1 amide bonds. The number of ether oxygens (including phenoxy) is 4. The molecule has 0 saturated carbocycles. The van der Waals surface area contributed by atoms with Crippen molar-refractivity contribution in [3.05, 3.63) is 88.8 Å². The smallest absolute Gasteiger partial charge is 0.413 e. The SMILES string of the molecule is COc1ccc(OC)c(C(c2ccc(Cl)cc2OC)N(C(=O)O)c2ccnc(Nc3ccc(OCC4CCCN(C)C4)c(F)c3)n2)c1. The van der Waals surface area contributed by atoms with E-state index in [2.05, 4.69) is 27.2 Å². The Morgan fingerprint density at radius 2 is 1.83 bits per heavy atom. The minimum Gasteiger partial charge on any atom is -0.497 e. The lowest BCUT2D eigenvalue weighted by atomic mass is 9.95. The fourth-order valence-electron chi connectivity index (χ4n) is 5.74. The van der Waals surface area contributed by atoms with Gasteiger partial charge in [-0.3, -0.25) is 0 Å². The molecule has 2 atom stereocenters. The molecule has 4 aromatic rings. The van der Waals surface area contributed by atoms with Crippen molar-refractivity contribution in [1.29, 1.82) is 0 Å². The molecule has 0 bridgehead atoms. The second-order valence-corrected chi connectivity index (χ2v) is 11.6. The average Bonchev–Trinajstić information content (AvgIpc) is 3.06. The van der Waals surface area contributed by atoms with Gasteiger partial charge in [0.1, 0.15) is 23.1 Å². The maximum absolute atomic E-state index is 15.1. The molecule has 0 radical (unpaired) electrons. The van der Waals surface area contributed by atoms with Gasteiger partial charge in [0.05, 0.1) is 34.0 Å². The molecule has 5 rings (SSSR count). The van der Waals surface area contributed by atoms with E-state index < -0.39 is 18.0 Å². The maximum Gasteiger partial charge on any atom is 0.413 e. The van der Waals surface area contributed by atoms with Crippen molar-refractivity contribution < 1.29 is 33.2 Å². The topological polar surface area (TPSA) is 119 Å². The zero-order valence-electron chi connectivity index (χ0n) is 26.6. The lowest BCUT2D eigenvalue weighted by Gasteiger charge is -2.31. The molecule has 1 fully saturated rings. The summed E-state index contributed by atoms with van der Waals surface area (Å²) in [6, 6.07) is 14.9. The van der Waals surface area contributed by atoms with E-state index in [-0.39, 0.29) is 17.5 Å². The second-order valence-electron chi connectivity index (χ2n) is 11.1. The predicted molar refractivity (Wildman–Crippen MR) is 177 cm³/mol. The van der Waals surface area contributed by atoms with Crippen molar-refractivity contribution in [2.75, 3.05) is 58.3 Å². The van der Waals surface area contributed by atoms with Crippen LogP contribution in [0.1, 0.15) is 30.0 Å². The van der Waals surface area contributed by atoms with Gasteiger partial charge in [-0.15, -0.1) is 0 Å². The Morgan fingerprint density at radius 3 is 2.53 bits per heavy atom. The summed E-state index contributed by atoms with van der Waals surface area (Å²) in [4.78, 5) is 25.2. The fourth-order valence-corrected chi connectivity index (χ4v) is 5.90. The highest BCUT2D eigenvalue weighted by molar-refractivity contribution is 6.30. The number of amides is 1. The summed E-state index contributed by atoms with van der Waals surface area (Å²) in [6.45, 7) is 2.41. The highest BCUT2D eigenvalue weighted by atomic mass is 35.5. The van der Waals surface area contributed by atoms with Crippen molar-refractivity contribution in [1.82, 2.24) is 14.9 Å². The summed E-state index contributed by atoms with van der Waals surface area (Å²) in [5, 5.41) is 14.1. The van der Waals surface area contributed by atoms with Crippen LogP contribution >= 0.6 is 11.6 Å². The molecule has 1 saturated heterocycles. The number of hydrogen-bond donors (Lipinski definition) is 2. The highest BCUT2D eigenvalue weighted by Crippen LogP contribution is 2.43. The number of aromatic nitrogens is 2. The minimum atomic E-state index is -1.32. The summed E-state index contributed by atoms with van der Waals surface area (Å²) < 4.78 is 37.6. The Balaban J connectivity index is 1.47. The van der Waals surface area contributed by atoms with Crippen molar-refractivity contribution in [2.45, 2.75) is 18.9 Å². The van der Waals surface area contributed by atoms with Crippen molar-refractivity contribution in [3.8, 4) is 23.0 Å². The zero-order chi connectivity index (χ0) is 33.5. The molecular formula is C34H37ClFN5O6. The van der Waals surface area contributed by atoms with Crippen LogP contribution in [-0.4, -0.2) is 74.1 Å². The van der Waals surface area contributed by atoms with Crippen LogP contribution in [0.25, 0.3) is 0 Å². The lowest BCUT2D eigenvalue weighted by Crippen LogP contribution is -2.35. The molecule has 1 aromatic heterocycles. The molecule has 0 aliphatic carbocycles. The van der Waals surface area contributed by atoms with Gasteiger partial charge < -0.3 is 34.3 Å². The number of methoxy groups -OCH3 is 3. The number of piperidine rings is 1. The third-order valence-electron chi connectivity index (χ3n) is 7.96. The molecule has 2 N–H and O–H groups in total. The number of benzene rings is 3. The first-order valence-corrected chi connectivity index (χ1v) is 15.4. The van der Waals surface area contributed by atoms with E-state index in [1.807, 2.05) is 0 Å². The number of halogens is 2. The van der Waals surface area contributed by atoms with Crippen LogP contribution in [0, 0.1) is 11.7 Å². The molecule has 13 heteroatoms. The number of hydrogen-bond acceptors (Lipinski definition) is 9. The van der Waals surface area contributed by atoms with Crippen LogP contribution < -0.4 is 29.2 Å². The maximum atomic E-state index is 15.1. The zero-order valence-corrected chi connectivity index (χ0v) is 27.3. The average molecular weight is 666 g/mol. The van der Waals surface area contributed by atoms with Crippen LogP contribution in [0.5, 0.6) is 23.0 Å². The normalized spacial score (nSPS) is 15.4. The standard InChI is InChI=1S/C34H37ClFN5O6/c1-40-15-5-6-21(19-40)20-47-29-11-8-23(17-27(29)36)38-33-37-14-13-31(39-33)41(34(42)43)32(25-10-7-22(35)16-30(25)46-4)26-18-24(44-2)9-12-28(26)45-3/h7-14,16-18,21,32H,5-6,15,19-20H2,1-4H3,(H,42,43)(H,37,38,39). The first kappa shape index (κ1) is 33.6. The summed E-state index contributed by atoms with van der Waals surface area (Å²) in [6.07, 6.45) is 2.23. The number of anilines is 3. The molecular weight excluding hydrogens is 629 g/mol. The summed E-state index contributed by atoms with van der Waals surface area (Å²) >= 11 is 6.27. The number of likely N-dealkylation sites (tertiary alicyclic amines) is 1. The number of nitrogens with zero attached hydrogens (tertiary/aromatic N) is 4. The molecule has 2 heterocycles. The van der Waals surface area contributed by atoms with Gasteiger partial charge >= 0.3 is 6.09 Å². The summed E-state index contributed by atoms with van der Waals surface area (Å²) in [7, 11) is 6.54. The predicted octanol–water partition coefficient (Wildman–Crippen LogP) is 7.03. The summed E-state index contributed by atoms with van der Waals surface area (Å²) in [5.41, 5.74) is 1.29. The van der Waals surface area contributed by atoms with Gasteiger partial charge in [-0.25, -0.2) is 19.1 Å². The first-order valence-electron chi connectivity index (χ1n) is 15.0. The van der Waals surface area contributed by atoms with Crippen LogP contribution in [0.2, 0.25) is 5.02 Å². The van der Waals surface area contributed by atoms with E-state index >= 15 is 4.39 Å². The Bertz CT molecular complexity index is 1710. The Labute approximate surface area is 277 Å². The monoisotopic (exact) mass is 665 g/mol. The minimum absolute atomic E-state index is 0.0275. The van der Waals surface area contributed by atoms with Crippen LogP contribution in [0.15, 0.2) is 66.9 Å². The Kier molecular flexibility index (Phi) is 10.8. The highest BCUT2D eigenvalue weighted by Gasteiger charge is 2.34. The fraction of sp³-hybridized carbons (Fsp3) is 0.324. The van der Waals surface area contributed by atoms with E-state index in [0.717, 1.165) is 30.8 Å². The molecule has 1 aliphatic heterocycles. The van der Waals surface area contributed by atoms with Gasteiger partial charge in [-0.2, -0.15) is 4.98 Å². The number of carbonyl (C=O) groups is 1. The van der Waals surface area contributed by atoms with Crippen molar-refractivity contribution in [2.24, 2.45) is 5.92 Å². The van der Waals surface area contributed by atoms with Gasteiger partial charge in [0.2, 0.25) is 5.95 Å². The molecule has 47 heavy (non-hydrogen) atoms. The quantitative estimate of drug-likeness (QED) is 0.163. The largest absolute Gasteiger partial charge is 0.497 e. The van der Waals surface area contributed by atoms with E-state index in [1.165, 1.54) is 39.7 Å². The first-order chi connectivity index (χ1) is 22.7. The number of carboxylic acid groups (broad SMARTS) is 1. The van der Waals surface area contributed by atoms with Gasteiger partial charge in [0.15, 0.2) is 11.6 Å². The van der Waals surface area contributed by atoms with Crippen LogP contribution in [-0.2, 0) is 0 Å². The Hall–Kier alpha value is -4.81. The van der Waals surface area contributed by atoms with E-state index in [4.69, 9.17) is 30.5 Å². The van der Waals surface area contributed by atoms with Gasteiger partial charge in [0, 0.05) is 46.6 Å². The van der Waals surface area contributed by atoms with Gasteiger partial charge in [0.25, 0.3) is 0 Å². The van der Waals surface area contributed by atoms with E-state index in [0.29, 0.717) is 51.6 Å². The van der Waals surface area contributed by atoms with Crippen molar-refractivity contribution >= 4 is 35.1 Å². The van der Waals surface area contributed by atoms with Crippen LogP contribution in [0.4, 0.5) is 26.6 Å². The molecule has 11 nitrogen and oxygen atoms in total. The number of rotatable bonds is 12. The second kappa shape index (κ2) is 15.2. The molecule has 3 aromatic carbocycles. The molecule has 2 unspecified atom stereocenters. The van der Waals surface area contributed by atoms with Gasteiger partial charge in [-0.05, 0) is 75.0 Å². The van der Waals surface area contributed by atoms with Crippen LogP contribution in [0.3, 0.4) is 0 Å². The third-order valence-corrected chi connectivity index (χ3v) is 8.19.